The average molecular weight is 252 g/mol. The van der Waals surface area contributed by atoms with Gasteiger partial charge >= 0.3 is 5.97 Å². The Labute approximate surface area is 107 Å². The highest BCUT2D eigenvalue weighted by molar-refractivity contribution is 5.79. The van der Waals surface area contributed by atoms with Crippen LogP contribution in [0.2, 0.25) is 0 Å². The topological polar surface area (TPSA) is 60.9 Å². The van der Waals surface area contributed by atoms with E-state index in [2.05, 4.69) is 13.2 Å². The minimum Gasteiger partial charge on any atom is -0.480 e. The van der Waals surface area contributed by atoms with E-state index >= 15 is 0 Å². The number of amides is 1. The van der Waals surface area contributed by atoms with Crippen LogP contribution in [0.3, 0.4) is 0 Å². The van der Waals surface area contributed by atoms with Crippen molar-refractivity contribution in [2.24, 2.45) is 0 Å². The second kappa shape index (κ2) is 6.96. The number of carboxylic acids is 1. The van der Waals surface area contributed by atoms with Crippen LogP contribution in [-0.2, 0) is 9.59 Å². The Morgan fingerprint density at radius 3 is 2.11 bits per heavy atom. The molecular weight excluding hydrogens is 232 g/mol. The summed E-state index contributed by atoms with van der Waals surface area (Å²) in [5.74, 6) is -0.975. The molecule has 18 heavy (non-hydrogen) atoms. The summed E-state index contributed by atoms with van der Waals surface area (Å²) in [6, 6.07) is 0.249. The van der Waals surface area contributed by atoms with Gasteiger partial charge in [0.15, 0.2) is 0 Å². The van der Waals surface area contributed by atoms with Gasteiger partial charge in [0.05, 0.1) is 13.1 Å². The zero-order valence-electron chi connectivity index (χ0n) is 10.5. The van der Waals surface area contributed by atoms with E-state index in [1.165, 1.54) is 0 Å². The molecule has 100 valence electrons. The highest BCUT2D eigenvalue weighted by Crippen LogP contribution is 2.26. The number of carbonyl (C=O) groups is 2. The monoisotopic (exact) mass is 252 g/mol. The smallest absolute Gasteiger partial charge is 0.317 e. The van der Waals surface area contributed by atoms with Crippen molar-refractivity contribution in [2.75, 3.05) is 26.2 Å². The number of carboxylic acid groups (broad SMARTS) is 1. The molecule has 1 aliphatic carbocycles. The third-order valence-corrected chi connectivity index (χ3v) is 2.79. The molecule has 0 aromatic carbocycles. The van der Waals surface area contributed by atoms with E-state index in [0.29, 0.717) is 13.1 Å². The first-order valence-corrected chi connectivity index (χ1v) is 6.04. The lowest BCUT2D eigenvalue weighted by Crippen LogP contribution is -2.43. The molecule has 5 heteroatoms. The Kier molecular flexibility index (Phi) is 5.58. The molecule has 5 nitrogen and oxygen atoms in total. The van der Waals surface area contributed by atoms with Crippen molar-refractivity contribution in [2.45, 2.75) is 18.9 Å². The quantitative estimate of drug-likeness (QED) is 0.615. The van der Waals surface area contributed by atoms with Gasteiger partial charge in [0.2, 0.25) is 5.91 Å². The molecule has 0 saturated heterocycles. The molecular formula is C13H20N2O3. The predicted octanol–water partition coefficient (Wildman–Crippen LogP) is 0.736. The second-order valence-electron chi connectivity index (χ2n) is 4.41. The lowest BCUT2D eigenvalue weighted by atomic mass is 10.3. The highest BCUT2D eigenvalue weighted by Gasteiger charge is 2.32. The molecule has 1 aliphatic rings. The first kappa shape index (κ1) is 14.4. The van der Waals surface area contributed by atoms with Crippen molar-refractivity contribution >= 4 is 11.9 Å². The zero-order valence-corrected chi connectivity index (χ0v) is 10.5. The van der Waals surface area contributed by atoms with E-state index in [-0.39, 0.29) is 25.0 Å². The summed E-state index contributed by atoms with van der Waals surface area (Å²) in [6.07, 6.45) is 5.26. The summed E-state index contributed by atoms with van der Waals surface area (Å²) in [6.45, 7) is 8.19. The van der Waals surface area contributed by atoms with Crippen LogP contribution in [-0.4, -0.2) is 59.0 Å². The van der Waals surface area contributed by atoms with Crippen LogP contribution < -0.4 is 0 Å². The van der Waals surface area contributed by atoms with E-state index < -0.39 is 5.97 Å². The highest BCUT2D eigenvalue weighted by atomic mass is 16.4. The maximum atomic E-state index is 12.0. The Hall–Kier alpha value is -1.62. The van der Waals surface area contributed by atoms with Crippen molar-refractivity contribution in [1.82, 2.24) is 9.80 Å². The zero-order chi connectivity index (χ0) is 13.5. The predicted molar refractivity (Wildman–Crippen MR) is 69.2 cm³/mol. The molecule has 0 spiro atoms. The van der Waals surface area contributed by atoms with Gasteiger partial charge in [0.25, 0.3) is 0 Å². The Balaban J connectivity index is 2.54. The fraction of sp³-hybridized carbons (Fsp3) is 0.538. The van der Waals surface area contributed by atoms with Gasteiger partial charge in [-0.15, -0.1) is 13.2 Å². The Morgan fingerprint density at radius 2 is 1.72 bits per heavy atom. The van der Waals surface area contributed by atoms with E-state index in [1.54, 1.807) is 22.0 Å². The lowest BCUT2D eigenvalue weighted by molar-refractivity contribution is -0.139. The van der Waals surface area contributed by atoms with Crippen LogP contribution in [0.15, 0.2) is 25.3 Å². The molecule has 1 rings (SSSR count). The van der Waals surface area contributed by atoms with E-state index in [1.807, 2.05) is 0 Å². The van der Waals surface area contributed by atoms with Crippen molar-refractivity contribution < 1.29 is 14.7 Å². The molecule has 0 aromatic heterocycles. The SMILES string of the molecule is C=CCN(CC=C)C(=O)CN(CC(=O)O)C1CC1. The van der Waals surface area contributed by atoms with Crippen molar-refractivity contribution in [3.8, 4) is 0 Å². The minimum absolute atomic E-state index is 0.0770. The van der Waals surface area contributed by atoms with E-state index in [9.17, 15) is 9.59 Å². The number of aliphatic carboxylic acids is 1. The average Bonchev–Trinajstić information content (AvgIpc) is 3.11. The van der Waals surface area contributed by atoms with Gasteiger partial charge in [-0.05, 0) is 12.8 Å². The van der Waals surface area contributed by atoms with Crippen molar-refractivity contribution in [3.05, 3.63) is 25.3 Å². The maximum Gasteiger partial charge on any atom is 0.317 e. The maximum absolute atomic E-state index is 12.0. The lowest BCUT2D eigenvalue weighted by Gasteiger charge is -2.24. The van der Waals surface area contributed by atoms with Gasteiger partial charge in [-0.2, -0.15) is 0 Å². The summed E-state index contributed by atoms with van der Waals surface area (Å²) < 4.78 is 0. The molecule has 0 atom stereocenters. The summed E-state index contributed by atoms with van der Waals surface area (Å²) in [4.78, 5) is 26.1. The van der Waals surface area contributed by atoms with Crippen LogP contribution in [0.25, 0.3) is 0 Å². The van der Waals surface area contributed by atoms with Crippen molar-refractivity contribution in [3.63, 3.8) is 0 Å². The van der Waals surface area contributed by atoms with Crippen molar-refractivity contribution in [1.29, 1.82) is 0 Å². The van der Waals surface area contributed by atoms with Gasteiger partial charge < -0.3 is 10.0 Å². The molecule has 0 bridgehead atoms. The molecule has 0 unspecified atom stereocenters. The fourth-order valence-corrected chi connectivity index (χ4v) is 1.79. The molecule has 0 heterocycles. The van der Waals surface area contributed by atoms with Gasteiger partial charge in [-0.1, -0.05) is 12.2 Å². The van der Waals surface area contributed by atoms with Crippen LogP contribution in [0.4, 0.5) is 0 Å². The summed E-state index contributed by atoms with van der Waals surface area (Å²) in [7, 11) is 0. The standard InChI is InChI=1S/C13H20N2O3/c1-3-7-14(8-4-2)12(16)9-15(10-13(17)18)11-5-6-11/h3-4,11H,1-2,5-10H2,(H,17,18). The van der Waals surface area contributed by atoms with Crippen LogP contribution in [0.1, 0.15) is 12.8 Å². The molecule has 1 N–H and O–H groups in total. The number of carbonyl (C=O) groups excluding carboxylic acids is 1. The van der Waals surface area contributed by atoms with Gasteiger partial charge in [-0.3, -0.25) is 14.5 Å². The molecule has 0 radical (unpaired) electrons. The molecule has 1 saturated carbocycles. The molecule has 0 aliphatic heterocycles. The number of hydrogen-bond donors (Lipinski definition) is 1. The summed E-state index contributed by atoms with van der Waals surface area (Å²) in [5.41, 5.74) is 0. The number of hydrogen-bond acceptors (Lipinski definition) is 3. The third kappa shape index (κ3) is 4.71. The van der Waals surface area contributed by atoms with E-state index in [4.69, 9.17) is 5.11 Å². The van der Waals surface area contributed by atoms with Gasteiger partial charge in [0, 0.05) is 19.1 Å². The minimum atomic E-state index is -0.895. The van der Waals surface area contributed by atoms with Gasteiger partial charge in [0.1, 0.15) is 0 Å². The molecule has 0 aromatic rings. The normalized spacial score (nSPS) is 14.3. The Bertz CT molecular complexity index is 327. The van der Waals surface area contributed by atoms with Gasteiger partial charge in [-0.25, -0.2) is 0 Å². The van der Waals surface area contributed by atoms with Crippen LogP contribution in [0, 0.1) is 0 Å². The first-order chi connectivity index (χ1) is 8.58. The number of rotatable bonds is 9. The third-order valence-electron chi connectivity index (χ3n) is 2.79. The fourth-order valence-electron chi connectivity index (χ4n) is 1.79. The summed E-state index contributed by atoms with van der Waals surface area (Å²) in [5, 5.41) is 8.82. The Morgan fingerprint density at radius 1 is 1.17 bits per heavy atom. The first-order valence-electron chi connectivity index (χ1n) is 6.04. The van der Waals surface area contributed by atoms with Crippen LogP contribution >= 0.6 is 0 Å². The second-order valence-corrected chi connectivity index (χ2v) is 4.41. The number of nitrogens with zero attached hydrogens (tertiary/aromatic N) is 2. The van der Waals surface area contributed by atoms with E-state index in [0.717, 1.165) is 12.8 Å². The van der Waals surface area contributed by atoms with Crippen LogP contribution in [0.5, 0.6) is 0 Å². The molecule has 1 fully saturated rings. The largest absolute Gasteiger partial charge is 0.480 e. The summed E-state index contributed by atoms with van der Waals surface area (Å²) >= 11 is 0. The molecule has 1 amide bonds.